The lowest BCUT2D eigenvalue weighted by atomic mass is 9.83. The molecule has 0 spiro atoms. The first-order valence-corrected chi connectivity index (χ1v) is 12.4. The number of hydrogen-bond acceptors (Lipinski definition) is 4. The number of hydrogen-bond donors (Lipinski definition) is 0. The number of ether oxygens (including phenoxy) is 1. The fourth-order valence-electron chi connectivity index (χ4n) is 5.90. The van der Waals surface area contributed by atoms with Gasteiger partial charge in [0, 0.05) is 30.0 Å². The fourth-order valence-corrected chi connectivity index (χ4v) is 5.90. The maximum Gasteiger partial charge on any atom is 0.414 e. The van der Waals surface area contributed by atoms with E-state index in [1.54, 1.807) is 11.8 Å². The van der Waals surface area contributed by atoms with E-state index in [4.69, 9.17) is 9.72 Å². The second-order valence-electron chi connectivity index (χ2n) is 9.85. The van der Waals surface area contributed by atoms with E-state index in [1.807, 2.05) is 6.07 Å². The van der Waals surface area contributed by atoms with Gasteiger partial charge in [-0.2, -0.15) is 0 Å². The second kappa shape index (κ2) is 9.24. The van der Waals surface area contributed by atoms with E-state index in [2.05, 4.69) is 47.9 Å². The minimum atomic E-state index is -0.326. The van der Waals surface area contributed by atoms with Gasteiger partial charge in [0.2, 0.25) is 0 Å². The molecule has 3 aromatic rings. The Kier molecular flexibility index (Phi) is 6.15. The summed E-state index contributed by atoms with van der Waals surface area (Å²) in [4.78, 5) is 31.8. The fraction of sp³-hybridized carbons (Fsp3) is 0.464. The molecule has 2 aromatic carbocycles. The molecular formula is C28H33N3O3. The number of carbonyl (C=O) groups excluding carboxylic acids is 2. The van der Waals surface area contributed by atoms with E-state index in [1.165, 1.54) is 12.7 Å². The maximum absolute atomic E-state index is 12.6. The van der Waals surface area contributed by atoms with E-state index < -0.39 is 0 Å². The summed E-state index contributed by atoms with van der Waals surface area (Å²) in [6, 6.07) is 14.9. The molecule has 0 unspecified atom stereocenters. The molecule has 1 amide bonds. The number of ketones is 1. The monoisotopic (exact) mass is 459 g/mol. The molecule has 0 N–H and O–H groups in total. The van der Waals surface area contributed by atoms with Crippen LogP contribution >= 0.6 is 0 Å². The third-order valence-corrected chi connectivity index (χ3v) is 7.69. The summed E-state index contributed by atoms with van der Waals surface area (Å²) in [5.41, 5.74) is 5.33. The van der Waals surface area contributed by atoms with Crippen molar-refractivity contribution in [1.82, 2.24) is 9.55 Å². The molecule has 178 valence electrons. The summed E-state index contributed by atoms with van der Waals surface area (Å²) in [6.45, 7) is 3.79. The molecule has 2 aliphatic rings. The molecular weight excluding hydrogens is 426 g/mol. The smallest absolute Gasteiger partial charge is 0.414 e. The van der Waals surface area contributed by atoms with Crippen molar-refractivity contribution in [2.75, 3.05) is 12.0 Å². The summed E-state index contributed by atoms with van der Waals surface area (Å²) >= 11 is 0. The summed E-state index contributed by atoms with van der Waals surface area (Å²) in [5.74, 6) is 1.44. The molecule has 6 nitrogen and oxygen atoms in total. The highest BCUT2D eigenvalue weighted by atomic mass is 16.5. The number of aromatic nitrogens is 2. The van der Waals surface area contributed by atoms with Gasteiger partial charge >= 0.3 is 6.09 Å². The Labute approximate surface area is 200 Å². The molecule has 1 saturated carbocycles. The molecule has 1 aromatic heterocycles. The van der Waals surface area contributed by atoms with E-state index in [0.29, 0.717) is 5.78 Å². The Morgan fingerprint density at radius 3 is 2.62 bits per heavy atom. The van der Waals surface area contributed by atoms with Gasteiger partial charge in [0.25, 0.3) is 0 Å². The highest BCUT2D eigenvalue weighted by Crippen LogP contribution is 2.41. The van der Waals surface area contributed by atoms with Crippen LogP contribution in [0.3, 0.4) is 0 Å². The van der Waals surface area contributed by atoms with Gasteiger partial charge < -0.3 is 9.30 Å². The van der Waals surface area contributed by atoms with Crippen LogP contribution in [0.5, 0.6) is 0 Å². The average Bonchev–Trinajstić information content (AvgIpc) is 3.22. The van der Waals surface area contributed by atoms with Gasteiger partial charge in [-0.3, -0.25) is 9.69 Å². The number of aryl methyl sites for hydroxylation is 1. The Morgan fingerprint density at radius 2 is 1.88 bits per heavy atom. The summed E-state index contributed by atoms with van der Waals surface area (Å²) in [5, 5.41) is 0. The van der Waals surface area contributed by atoms with Crippen LogP contribution in [-0.4, -0.2) is 34.6 Å². The largest absolute Gasteiger partial charge is 0.452 e. The second-order valence-corrected chi connectivity index (χ2v) is 9.85. The van der Waals surface area contributed by atoms with Crippen LogP contribution in [-0.2, 0) is 22.4 Å². The van der Waals surface area contributed by atoms with Gasteiger partial charge in [-0.05, 0) is 63.6 Å². The van der Waals surface area contributed by atoms with Crippen LogP contribution in [0, 0.1) is 5.92 Å². The summed E-state index contributed by atoms with van der Waals surface area (Å²) < 4.78 is 7.50. The van der Waals surface area contributed by atoms with Gasteiger partial charge in [0.05, 0.1) is 23.8 Å². The first-order chi connectivity index (χ1) is 16.5. The number of imidazole rings is 1. The normalized spacial score (nSPS) is 22.4. The van der Waals surface area contributed by atoms with Crippen molar-refractivity contribution in [3.05, 3.63) is 59.4 Å². The molecule has 1 fully saturated rings. The first kappa shape index (κ1) is 22.6. The molecule has 5 rings (SSSR count). The number of methoxy groups -OCH3 is 1. The molecule has 2 heterocycles. The molecule has 0 saturated heterocycles. The summed E-state index contributed by atoms with van der Waals surface area (Å²) in [7, 11) is 1.43. The Balaban J connectivity index is 1.65. The van der Waals surface area contributed by atoms with E-state index in [0.717, 1.165) is 73.1 Å². The van der Waals surface area contributed by atoms with Gasteiger partial charge in [-0.15, -0.1) is 0 Å². The van der Waals surface area contributed by atoms with Crippen LogP contribution in [0.15, 0.2) is 42.5 Å². The van der Waals surface area contributed by atoms with E-state index in [9.17, 15) is 9.59 Å². The molecule has 6 heteroatoms. The molecule has 3 atom stereocenters. The number of carbonyl (C=O) groups is 2. The highest BCUT2D eigenvalue weighted by molar-refractivity contribution is 5.95. The SMILES string of the molecule is COC(=O)N1c2ccc3c(nc(Cc4ccccc4)n3[C@H]3CCC[C@@H](C(C)=O)C3)c2CC[C@@H]1C. The van der Waals surface area contributed by atoms with Crippen molar-refractivity contribution >= 4 is 28.6 Å². The number of anilines is 1. The Bertz CT molecular complexity index is 1220. The standard InChI is InChI=1S/C28H33N3O3/c1-18-12-13-23-24(30(18)28(33)34-3)14-15-25-27(23)29-26(16-20-8-5-4-6-9-20)31(25)22-11-7-10-21(17-22)19(2)32/h4-6,8-9,14-15,18,21-22H,7,10-13,16-17H2,1-3H3/t18-,21+,22-/m0/s1. The topological polar surface area (TPSA) is 64.4 Å². The lowest BCUT2D eigenvalue weighted by Crippen LogP contribution is -2.42. The lowest BCUT2D eigenvalue weighted by Gasteiger charge is -2.34. The third kappa shape index (κ3) is 3.99. The van der Waals surface area contributed by atoms with Crippen molar-refractivity contribution in [3.63, 3.8) is 0 Å². The number of fused-ring (bicyclic) bond motifs is 3. The van der Waals surface area contributed by atoms with Crippen molar-refractivity contribution in [1.29, 1.82) is 0 Å². The zero-order valence-electron chi connectivity index (χ0n) is 20.3. The van der Waals surface area contributed by atoms with Gasteiger partial charge in [0.15, 0.2) is 0 Å². The summed E-state index contributed by atoms with van der Waals surface area (Å²) in [6.07, 6.45) is 6.12. The highest BCUT2D eigenvalue weighted by Gasteiger charge is 2.33. The molecule has 0 bridgehead atoms. The zero-order valence-corrected chi connectivity index (χ0v) is 20.3. The van der Waals surface area contributed by atoms with Gasteiger partial charge in [-0.1, -0.05) is 36.8 Å². The van der Waals surface area contributed by atoms with Crippen molar-refractivity contribution in [2.45, 2.75) is 70.9 Å². The molecule has 0 radical (unpaired) electrons. The Hall–Kier alpha value is -3.15. The Morgan fingerprint density at radius 1 is 1.09 bits per heavy atom. The van der Waals surface area contributed by atoms with Crippen LogP contribution in [0.4, 0.5) is 10.5 Å². The lowest BCUT2D eigenvalue weighted by molar-refractivity contribution is -0.122. The van der Waals surface area contributed by atoms with Crippen LogP contribution in [0.1, 0.15) is 68.9 Å². The quantitative estimate of drug-likeness (QED) is 0.491. The van der Waals surface area contributed by atoms with Crippen LogP contribution in [0.2, 0.25) is 0 Å². The van der Waals surface area contributed by atoms with Crippen LogP contribution < -0.4 is 4.90 Å². The minimum Gasteiger partial charge on any atom is -0.452 e. The number of Topliss-reactive ketones (excluding diaryl/α,β-unsaturated/α-hetero) is 1. The van der Waals surface area contributed by atoms with E-state index >= 15 is 0 Å². The van der Waals surface area contributed by atoms with Crippen molar-refractivity contribution < 1.29 is 14.3 Å². The predicted octanol–water partition coefficient (Wildman–Crippen LogP) is 5.85. The number of benzene rings is 2. The van der Waals surface area contributed by atoms with Gasteiger partial charge in [-0.25, -0.2) is 9.78 Å². The maximum atomic E-state index is 12.6. The van der Waals surface area contributed by atoms with E-state index in [-0.39, 0.29) is 24.1 Å². The zero-order chi connectivity index (χ0) is 23.8. The van der Waals surface area contributed by atoms with Crippen molar-refractivity contribution in [2.24, 2.45) is 5.92 Å². The average molecular weight is 460 g/mol. The predicted molar refractivity (Wildman–Crippen MR) is 133 cm³/mol. The van der Waals surface area contributed by atoms with Crippen molar-refractivity contribution in [3.8, 4) is 0 Å². The third-order valence-electron chi connectivity index (χ3n) is 7.69. The molecule has 1 aliphatic heterocycles. The van der Waals surface area contributed by atoms with Crippen LogP contribution in [0.25, 0.3) is 11.0 Å². The van der Waals surface area contributed by atoms with Gasteiger partial charge in [0.1, 0.15) is 11.6 Å². The molecule has 1 aliphatic carbocycles. The number of amides is 1. The first-order valence-electron chi connectivity index (χ1n) is 12.4. The minimum absolute atomic E-state index is 0.0814. The number of nitrogens with zero attached hydrogens (tertiary/aromatic N) is 3. The number of rotatable bonds is 4. The molecule has 34 heavy (non-hydrogen) atoms.